The highest BCUT2D eigenvalue weighted by atomic mass is 35.5. The Labute approximate surface area is 114 Å². The molecule has 0 saturated carbocycles. The Bertz CT molecular complexity index is 355. The molecule has 5 heteroatoms. The SMILES string of the molecule is CCOc1ccc(CNC(=O)C(C)CN)cc1.Cl. The number of hydrogen-bond donors (Lipinski definition) is 2. The zero-order valence-corrected chi connectivity index (χ0v) is 11.6. The van der Waals surface area contributed by atoms with Crippen molar-refractivity contribution in [1.29, 1.82) is 0 Å². The van der Waals surface area contributed by atoms with E-state index in [1.807, 2.05) is 38.1 Å². The van der Waals surface area contributed by atoms with E-state index in [4.69, 9.17) is 10.5 Å². The van der Waals surface area contributed by atoms with E-state index in [2.05, 4.69) is 5.32 Å². The zero-order chi connectivity index (χ0) is 12.7. The first-order valence-electron chi connectivity index (χ1n) is 5.87. The van der Waals surface area contributed by atoms with Crippen LogP contribution in [-0.4, -0.2) is 19.1 Å². The minimum atomic E-state index is -0.141. The normalized spacial score (nSPS) is 11.3. The molecule has 4 nitrogen and oxygen atoms in total. The zero-order valence-electron chi connectivity index (χ0n) is 10.8. The molecule has 0 aromatic heterocycles. The minimum absolute atomic E-state index is 0. The number of nitrogens with one attached hydrogen (secondary N) is 1. The summed E-state index contributed by atoms with van der Waals surface area (Å²) in [5.41, 5.74) is 6.46. The smallest absolute Gasteiger partial charge is 0.224 e. The van der Waals surface area contributed by atoms with Crippen LogP contribution in [0, 0.1) is 5.92 Å². The van der Waals surface area contributed by atoms with Gasteiger partial charge in [-0.15, -0.1) is 12.4 Å². The Hall–Kier alpha value is -1.26. The molecule has 1 rings (SSSR count). The fourth-order valence-corrected chi connectivity index (χ4v) is 1.34. The van der Waals surface area contributed by atoms with Gasteiger partial charge in [0.05, 0.1) is 6.61 Å². The number of ether oxygens (including phenoxy) is 1. The number of carbonyl (C=O) groups excluding carboxylic acids is 1. The van der Waals surface area contributed by atoms with Crippen molar-refractivity contribution in [3.8, 4) is 5.75 Å². The number of nitrogens with two attached hydrogens (primary N) is 1. The quantitative estimate of drug-likeness (QED) is 0.829. The molecule has 1 aromatic carbocycles. The summed E-state index contributed by atoms with van der Waals surface area (Å²) in [4.78, 5) is 11.5. The predicted molar refractivity (Wildman–Crippen MR) is 74.9 cm³/mol. The lowest BCUT2D eigenvalue weighted by atomic mass is 10.1. The van der Waals surface area contributed by atoms with Crippen LogP contribution in [0.15, 0.2) is 24.3 Å². The van der Waals surface area contributed by atoms with Crippen LogP contribution in [0.1, 0.15) is 19.4 Å². The van der Waals surface area contributed by atoms with E-state index in [9.17, 15) is 4.79 Å². The molecule has 102 valence electrons. The lowest BCUT2D eigenvalue weighted by molar-refractivity contribution is -0.124. The van der Waals surface area contributed by atoms with Gasteiger partial charge in [-0.25, -0.2) is 0 Å². The van der Waals surface area contributed by atoms with Crippen LogP contribution in [0.3, 0.4) is 0 Å². The lowest BCUT2D eigenvalue weighted by Gasteiger charge is -2.10. The molecule has 18 heavy (non-hydrogen) atoms. The molecular formula is C13H21ClN2O2. The first-order valence-corrected chi connectivity index (χ1v) is 5.87. The number of benzene rings is 1. The van der Waals surface area contributed by atoms with Gasteiger partial charge in [0, 0.05) is 19.0 Å². The summed E-state index contributed by atoms with van der Waals surface area (Å²) in [5, 5.41) is 2.84. The summed E-state index contributed by atoms with van der Waals surface area (Å²) >= 11 is 0. The monoisotopic (exact) mass is 272 g/mol. The third-order valence-corrected chi connectivity index (χ3v) is 2.50. The Balaban J connectivity index is 0.00000289. The molecule has 0 radical (unpaired) electrons. The maximum absolute atomic E-state index is 11.5. The van der Waals surface area contributed by atoms with Crippen molar-refractivity contribution in [2.45, 2.75) is 20.4 Å². The van der Waals surface area contributed by atoms with Crippen LogP contribution in [0.4, 0.5) is 0 Å². The highest BCUT2D eigenvalue weighted by Gasteiger charge is 2.09. The van der Waals surface area contributed by atoms with Gasteiger partial charge < -0.3 is 15.8 Å². The topological polar surface area (TPSA) is 64.3 Å². The van der Waals surface area contributed by atoms with E-state index in [1.54, 1.807) is 0 Å². The van der Waals surface area contributed by atoms with Crippen molar-refractivity contribution >= 4 is 18.3 Å². The second-order valence-electron chi connectivity index (χ2n) is 3.93. The summed E-state index contributed by atoms with van der Waals surface area (Å²) in [6.07, 6.45) is 0. The number of rotatable bonds is 6. The average molecular weight is 273 g/mol. The summed E-state index contributed by atoms with van der Waals surface area (Å²) < 4.78 is 5.34. The van der Waals surface area contributed by atoms with Crippen molar-refractivity contribution < 1.29 is 9.53 Å². The molecule has 0 spiro atoms. The third kappa shape index (κ3) is 5.38. The van der Waals surface area contributed by atoms with E-state index in [0.29, 0.717) is 19.7 Å². The van der Waals surface area contributed by atoms with E-state index in [0.717, 1.165) is 11.3 Å². The lowest BCUT2D eigenvalue weighted by Crippen LogP contribution is -2.32. The standard InChI is InChI=1S/C13H20N2O2.ClH/c1-3-17-12-6-4-11(5-7-12)9-15-13(16)10(2)8-14;/h4-7,10H,3,8-9,14H2,1-2H3,(H,15,16);1H. The van der Waals surface area contributed by atoms with Crippen LogP contribution in [0.5, 0.6) is 5.75 Å². The summed E-state index contributed by atoms with van der Waals surface area (Å²) in [7, 11) is 0. The van der Waals surface area contributed by atoms with Gasteiger partial charge in [-0.2, -0.15) is 0 Å². The molecular weight excluding hydrogens is 252 g/mol. The molecule has 0 saturated heterocycles. The van der Waals surface area contributed by atoms with Gasteiger partial charge >= 0.3 is 0 Å². The maximum Gasteiger partial charge on any atom is 0.224 e. The number of halogens is 1. The molecule has 0 bridgehead atoms. The molecule has 0 heterocycles. The van der Waals surface area contributed by atoms with Crippen molar-refractivity contribution in [3.05, 3.63) is 29.8 Å². The Kier molecular flexibility index (Phi) is 8.16. The highest BCUT2D eigenvalue weighted by molar-refractivity contribution is 5.85. The van der Waals surface area contributed by atoms with E-state index < -0.39 is 0 Å². The Morgan fingerprint density at radius 2 is 2.00 bits per heavy atom. The molecule has 3 N–H and O–H groups in total. The first kappa shape index (κ1) is 16.7. The second-order valence-corrected chi connectivity index (χ2v) is 3.93. The molecule has 0 aliphatic carbocycles. The fourth-order valence-electron chi connectivity index (χ4n) is 1.34. The van der Waals surface area contributed by atoms with Crippen molar-refractivity contribution in [2.75, 3.05) is 13.2 Å². The molecule has 1 atom stereocenters. The van der Waals surface area contributed by atoms with Gasteiger partial charge in [0.15, 0.2) is 0 Å². The molecule has 1 aromatic rings. The van der Waals surface area contributed by atoms with Gasteiger partial charge in [0.2, 0.25) is 5.91 Å². The van der Waals surface area contributed by atoms with Crippen LogP contribution < -0.4 is 15.8 Å². The molecule has 0 aliphatic heterocycles. The largest absolute Gasteiger partial charge is 0.494 e. The Morgan fingerprint density at radius 1 is 1.39 bits per heavy atom. The van der Waals surface area contributed by atoms with Crippen molar-refractivity contribution in [1.82, 2.24) is 5.32 Å². The average Bonchev–Trinajstić information content (AvgIpc) is 2.37. The van der Waals surface area contributed by atoms with E-state index in [-0.39, 0.29) is 24.2 Å². The van der Waals surface area contributed by atoms with E-state index in [1.165, 1.54) is 0 Å². The van der Waals surface area contributed by atoms with Crippen LogP contribution in [0.2, 0.25) is 0 Å². The maximum atomic E-state index is 11.5. The summed E-state index contributed by atoms with van der Waals surface area (Å²) in [6.45, 7) is 5.31. The molecule has 0 aliphatic rings. The van der Waals surface area contributed by atoms with E-state index >= 15 is 0 Å². The second kappa shape index (κ2) is 8.78. The van der Waals surface area contributed by atoms with Gasteiger partial charge in [0.25, 0.3) is 0 Å². The molecule has 0 fully saturated rings. The number of carbonyl (C=O) groups is 1. The molecule has 1 amide bonds. The Morgan fingerprint density at radius 3 is 2.50 bits per heavy atom. The van der Waals surface area contributed by atoms with Crippen LogP contribution in [0.25, 0.3) is 0 Å². The summed E-state index contributed by atoms with van der Waals surface area (Å²) in [6, 6.07) is 7.69. The first-order chi connectivity index (χ1) is 8.17. The predicted octanol–water partition coefficient (Wildman–Crippen LogP) is 1.72. The number of hydrogen-bond acceptors (Lipinski definition) is 3. The fraction of sp³-hybridized carbons (Fsp3) is 0.462. The highest BCUT2D eigenvalue weighted by Crippen LogP contribution is 2.11. The van der Waals surface area contributed by atoms with Crippen molar-refractivity contribution in [2.24, 2.45) is 11.7 Å². The van der Waals surface area contributed by atoms with Gasteiger partial charge in [0.1, 0.15) is 5.75 Å². The third-order valence-electron chi connectivity index (χ3n) is 2.50. The number of amides is 1. The van der Waals surface area contributed by atoms with Gasteiger partial charge in [-0.05, 0) is 24.6 Å². The van der Waals surface area contributed by atoms with Gasteiger partial charge in [-0.1, -0.05) is 19.1 Å². The van der Waals surface area contributed by atoms with Crippen LogP contribution >= 0.6 is 12.4 Å². The molecule has 1 unspecified atom stereocenters. The van der Waals surface area contributed by atoms with Crippen molar-refractivity contribution in [3.63, 3.8) is 0 Å². The minimum Gasteiger partial charge on any atom is -0.494 e. The van der Waals surface area contributed by atoms with Gasteiger partial charge in [-0.3, -0.25) is 4.79 Å². The van der Waals surface area contributed by atoms with Crippen LogP contribution in [-0.2, 0) is 11.3 Å². The summed E-state index contributed by atoms with van der Waals surface area (Å²) in [5.74, 6) is 0.692.